The van der Waals surface area contributed by atoms with Gasteiger partial charge in [-0.1, -0.05) is 12.1 Å². The van der Waals surface area contributed by atoms with E-state index in [9.17, 15) is 4.79 Å². The summed E-state index contributed by atoms with van der Waals surface area (Å²) in [6.07, 6.45) is 2.57. The van der Waals surface area contributed by atoms with Gasteiger partial charge < -0.3 is 10.1 Å². The minimum atomic E-state index is -0.0173. The third kappa shape index (κ3) is 3.73. The van der Waals surface area contributed by atoms with Crippen LogP contribution in [0.2, 0.25) is 0 Å². The van der Waals surface area contributed by atoms with Crippen molar-refractivity contribution in [2.75, 3.05) is 25.5 Å². The molecule has 1 aromatic carbocycles. The minimum absolute atomic E-state index is 0.0173. The van der Waals surface area contributed by atoms with Crippen LogP contribution in [0.4, 0.5) is 5.69 Å². The first-order valence-corrected chi connectivity index (χ1v) is 8.23. The molecule has 0 aliphatic carbocycles. The van der Waals surface area contributed by atoms with Crippen LogP contribution in [-0.4, -0.2) is 46.2 Å². The fraction of sp³-hybridized carbons (Fsp3) is 0.471. The fourth-order valence-corrected chi connectivity index (χ4v) is 3.10. The molecule has 1 fully saturated rings. The highest BCUT2D eigenvalue weighted by Gasteiger charge is 2.29. The van der Waals surface area contributed by atoms with Crippen molar-refractivity contribution < 1.29 is 9.53 Å². The summed E-state index contributed by atoms with van der Waals surface area (Å²) in [6.45, 7) is 3.57. The van der Waals surface area contributed by atoms with Gasteiger partial charge in [0.2, 0.25) is 5.91 Å². The second-order valence-electron chi connectivity index (χ2n) is 5.97. The first-order valence-electron chi connectivity index (χ1n) is 8.23. The number of amides is 1. The number of aromatic amines is 1. The number of H-pyrrole nitrogens is 1. The third-order valence-corrected chi connectivity index (χ3v) is 4.28. The van der Waals surface area contributed by atoms with E-state index in [-0.39, 0.29) is 11.9 Å². The van der Waals surface area contributed by atoms with Crippen molar-refractivity contribution >= 4 is 11.6 Å². The SMILES string of the molecule is COc1ccccc1NC(=O)CCN1CCC[C@@H]1c1n[nH]c(C)n1. The maximum Gasteiger partial charge on any atom is 0.225 e. The molecule has 1 aliphatic rings. The summed E-state index contributed by atoms with van der Waals surface area (Å²) in [6, 6.07) is 7.63. The van der Waals surface area contributed by atoms with E-state index in [1.807, 2.05) is 31.2 Å². The Morgan fingerprint density at radius 2 is 2.29 bits per heavy atom. The predicted molar refractivity (Wildman–Crippen MR) is 90.9 cm³/mol. The Hall–Kier alpha value is -2.41. The molecule has 1 aromatic heterocycles. The van der Waals surface area contributed by atoms with Gasteiger partial charge >= 0.3 is 0 Å². The lowest BCUT2D eigenvalue weighted by atomic mass is 10.2. The zero-order valence-corrected chi connectivity index (χ0v) is 14.1. The number of benzene rings is 1. The van der Waals surface area contributed by atoms with Crippen molar-refractivity contribution in [3.8, 4) is 5.75 Å². The van der Waals surface area contributed by atoms with Crippen LogP contribution in [0.25, 0.3) is 0 Å². The third-order valence-electron chi connectivity index (χ3n) is 4.28. The quantitative estimate of drug-likeness (QED) is 0.849. The summed E-state index contributed by atoms with van der Waals surface area (Å²) in [7, 11) is 1.60. The van der Waals surface area contributed by atoms with Crippen molar-refractivity contribution in [1.29, 1.82) is 0 Å². The van der Waals surface area contributed by atoms with E-state index in [0.717, 1.165) is 31.0 Å². The molecule has 1 aliphatic heterocycles. The average Bonchev–Trinajstić information content (AvgIpc) is 3.22. The van der Waals surface area contributed by atoms with Crippen LogP contribution in [0.5, 0.6) is 5.75 Å². The molecule has 2 N–H and O–H groups in total. The lowest BCUT2D eigenvalue weighted by Crippen LogP contribution is -2.28. The van der Waals surface area contributed by atoms with Crippen molar-refractivity contribution in [3.05, 3.63) is 35.9 Å². The molecule has 1 saturated heterocycles. The van der Waals surface area contributed by atoms with E-state index in [1.165, 1.54) is 0 Å². The fourth-order valence-electron chi connectivity index (χ4n) is 3.10. The number of aromatic nitrogens is 3. The molecule has 1 atom stereocenters. The van der Waals surface area contributed by atoms with Crippen LogP contribution in [0.1, 0.15) is 37.0 Å². The number of hydrogen-bond donors (Lipinski definition) is 2. The Bertz CT molecular complexity index is 700. The molecule has 0 unspecified atom stereocenters. The van der Waals surface area contributed by atoms with E-state index in [0.29, 0.717) is 24.4 Å². The number of nitrogens with zero attached hydrogens (tertiary/aromatic N) is 3. The number of hydrogen-bond acceptors (Lipinski definition) is 5. The van der Waals surface area contributed by atoms with Crippen LogP contribution in [0, 0.1) is 6.92 Å². The predicted octanol–water partition coefficient (Wildman–Crippen LogP) is 2.29. The molecule has 128 valence electrons. The zero-order chi connectivity index (χ0) is 16.9. The van der Waals surface area contributed by atoms with Gasteiger partial charge in [-0.25, -0.2) is 4.98 Å². The van der Waals surface area contributed by atoms with Gasteiger partial charge in [0.05, 0.1) is 18.8 Å². The topological polar surface area (TPSA) is 83.1 Å². The molecule has 1 amide bonds. The molecule has 0 bridgehead atoms. The van der Waals surface area contributed by atoms with Gasteiger partial charge in [-0.3, -0.25) is 14.8 Å². The maximum atomic E-state index is 12.3. The monoisotopic (exact) mass is 329 g/mol. The van der Waals surface area contributed by atoms with Crippen LogP contribution in [0.15, 0.2) is 24.3 Å². The van der Waals surface area contributed by atoms with Gasteiger partial charge in [0.15, 0.2) is 5.82 Å². The number of carbonyl (C=O) groups is 1. The second-order valence-corrected chi connectivity index (χ2v) is 5.97. The van der Waals surface area contributed by atoms with Crippen LogP contribution >= 0.6 is 0 Å². The number of ether oxygens (including phenoxy) is 1. The van der Waals surface area contributed by atoms with E-state index in [1.54, 1.807) is 7.11 Å². The Kier molecular flexibility index (Phi) is 5.10. The molecule has 0 saturated carbocycles. The summed E-state index contributed by atoms with van der Waals surface area (Å²) in [5.74, 6) is 2.30. The van der Waals surface area contributed by atoms with Crippen molar-refractivity contribution in [2.24, 2.45) is 0 Å². The number of rotatable bonds is 6. The van der Waals surface area contributed by atoms with Crippen LogP contribution in [0.3, 0.4) is 0 Å². The number of likely N-dealkylation sites (tertiary alicyclic amines) is 1. The Balaban J connectivity index is 1.56. The number of anilines is 1. The Morgan fingerprint density at radius 3 is 3.04 bits per heavy atom. The minimum Gasteiger partial charge on any atom is -0.495 e. The molecule has 2 heterocycles. The van der Waals surface area contributed by atoms with Crippen molar-refractivity contribution in [3.63, 3.8) is 0 Å². The second kappa shape index (κ2) is 7.44. The van der Waals surface area contributed by atoms with E-state index in [4.69, 9.17) is 4.74 Å². The Morgan fingerprint density at radius 1 is 1.46 bits per heavy atom. The zero-order valence-electron chi connectivity index (χ0n) is 14.1. The number of methoxy groups -OCH3 is 1. The molecule has 0 spiro atoms. The van der Waals surface area contributed by atoms with Gasteiger partial charge in [-0.2, -0.15) is 5.10 Å². The maximum absolute atomic E-state index is 12.3. The first-order chi connectivity index (χ1) is 11.7. The lowest BCUT2D eigenvalue weighted by molar-refractivity contribution is -0.116. The van der Waals surface area contributed by atoms with Gasteiger partial charge in [-0.15, -0.1) is 0 Å². The average molecular weight is 329 g/mol. The smallest absolute Gasteiger partial charge is 0.225 e. The first kappa shape index (κ1) is 16.4. The standard InChI is InChI=1S/C17H23N5O2/c1-12-18-17(21-20-12)14-7-5-10-22(14)11-9-16(23)19-13-6-3-4-8-15(13)24-2/h3-4,6,8,14H,5,7,9-11H2,1-2H3,(H,19,23)(H,18,20,21)/t14-/m1/s1. The molecule has 3 rings (SSSR count). The summed E-state index contributed by atoms with van der Waals surface area (Å²) in [5.41, 5.74) is 0.701. The summed E-state index contributed by atoms with van der Waals surface area (Å²) in [5, 5.41) is 10.1. The summed E-state index contributed by atoms with van der Waals surface area (Å²) in [4.78, 5) is 19.0. The number of nitrogens with one attached hydrogen (secondary N) is 2. The Labute approximate surface area is 141 Å². The van der Waals surface area contributed by atoms with E-state index >= 15 is 0 Å². The number of carbonyl (C=O) groups excluding carboxylic acids is 1. The molecule has 0 radical (unpaired) electrons. The van der Waals surface area contributed by atoms with Crippen molar-refractivity contribution in [2.45, 2.75) is 32.2 Å². The van der Waals surface area contributed by atoms with E-state index in [2.05, 4.69) is 25.4 Å². The van der Waals surface area contributed by atoms with Crippen molar-refractivity contribution in [1.82, 2.24) is 20.1 Å². The molecule has 7 nitrogen and oxygen atoms in total. The highest BCUT2D eigenvalue weighted by Crippen LogP contribution is 2.30. The summed E-state index contributed by atoms with van der Waals surface area (Å²) >= 11 is 0. The normalized spacial score (nSPS) is 17.8. The van der Waals surface area contributed by atoms with Gasteiger partial charge in [-0.05, 0) is 38.4 Å². The lowest BCUT2D eigenvalue weighted by Gasteiger charge is -2.21. The number of para-hydroxylation sites is 2. The highest BCUT2D eigenvalue weighted by atomic mass is 16.5. The largest absolute Gasteiger partial charge is 0.495 e. The molecule has 24 heavy (non-hydrogen) atoms. The molecular weight excluding hydrogens is 306 g/mol. The van der Waals surface area contributed by atoms with Crippen LogP contribution in [-0.2, 0) is 4.79 Å². The number of aryl methyl sites for hydroxylation is 1. The highest BCUT2D eigenvalue weighted by molar-refractivity contribution is 5.92. The van der Waals surface area contributed by atoms with Gasteiger partial charge in [0.1, 0.15) is 11.6 Å². The molecular formula is C17H23N5O2. The van der Waals surface area contributed by atoms with Crippen LogP contribution < -0.4 is 10.1 Å². The van der Waals surface area contributed by atoms with Gasteiger partial charge in [0.25, 0.3) is 0 Å². The molecule has 2 aromatic rings. The molecule has 7 heteroatoms. The van der Waals surface area contributed by atoms with E-state index < -0.39 is 0 Å². The summed E-state index contributed by atoms with van der Waals surface area (Å²) < 4.78 is 5.26. The van der Waals surface area contributed by atoms with Gasteiger partial charge in [0, 0.05) is 13.0 Å².